The summed E-state index contributed by atoms with van der Waals surface area (Å²) in [5.41, 5.74) is 0.187. The van der Waals surface area contributed by atoms with Crippen LogP contribution < -0.4 is 10.1 Å². The van der Waals surface area contributed by atoms with Crippen molar-refractivity contribution in [3.8, 4) is 11.8 Å². The predicted molar refractivity (Wildman–Crippen MR) is 125 cm³/mol. The van der Waals surface area contributed by atoms with Crippen LogP contribution in [0.1, 0.15) is 30.4 Å². The number of rotatable bonds is 6. The number of ether oxygens (including phenoxy) is 2. The molecule has 0 aliphatic carbocycles. The third kappa shape index (κ3) is 6.83. The van der Waals surface area contributed by atoms with Gasteiger partial charge in [0.2, 0.25) is 11.6 Å². The smallest absolute Gasteiger partial charge is 0.414 e. The van der Waals surface area contributed by atoms with Crippen molar-refractivity contribution in [1.29, 1.82) is 5.26 Å². The molecule has 1 aromatic rings. The molecule has 1 heterocycles. The van der Waals surface area contributed by atoms with E-state index < -0.39 is 30.5 Å². The number of imide groups is 1. The monoisotopic (exact) mass is 569 g/mol. The fourth-order valence-electron chi connectivity index (χ4n) is 2.48. The van der Waals surface area contributed by atoms with Crippen molar-refractivity contribution in [1.82, 2.24) is 5.32 Å². The number of carbonyl (C=O) groups is 3. The quantitative estimate of drug-likeness (QED) is 0.516. The zero-order valence-electron chi connectivity index (χ0n) is 20.1. The van der Waals surface area contributed by atoms with Gasteiger partial charge in [-0.1, -0.05) is 13.8 Å². The van der Waals surface area contributed by atoms with Crippen LogP contribution in [-0.4, -0.2) is 42.5 Å². The lowest BCUT2D eigenvalue weighted by Crippen LogP contribution is -2.36. The first-order valence-corrected chi connectivity index (χ1v) is 10.8. The van der Waals surface area contributed by atoms with E-state index in [-0.39, 0.29) is 37.0 Å². The van der Waals surface area contributed by atoms with Crippen LogP contribution in [0.2, 0.25) is 0 Å². The third-order valence-electron chi connectivity index (χ3n) is 3.94. The van der Waals surface area contributed by atoms with Gasteiger partial charge in [-0.05, 0) is 62.4 Å². The Labute approximate surface area is 206 Å². The highest BCUT2D eigenvalue weighted by molar-refractivity contribution is 9.11. The topological polar surface area (TPSA) is 130 Å². The van der Waals surface area contributed by atoms with Crippen molar-refractivity contribution < 1.29 is 28.0 Å². The average molecular weight is 571 g/mol. The molecule has 1 aliphatic rings. The number of dihydropyridines is 1. The van der Waals surface area contributed by atoms with E-state index in [1.807, 2.05) is 5.32 Å². The van der Waals surface area contributed by atoms with Gasteiger partial charge < -0.3 is 9.47 Å². The Bertz CT molecular complexity index is 1150. The predicted octanol–water partition coefficient (Wildman–Crippen LogP) is 3.89. The maximum Gasteiger partial charge on any atom is 0.414 e. The second kappa shape index (κ2) is 11.7. The maximum absolute atomic E-state index is 12.2. The lowest BCUT2D eigenvalue weighted by molar-refractivity contribution is -0.115. The molecule has 1 unspecified atom stereocenters. The summed E-state index contributed by atoms with van der Waals surface area (Å²) in [5.74, 6) is -1.96. The van der Waals surface area contributed by atoms with Crippen LogP contribution in [0.25, 0.3) is 0 Å². The molecule has 11 heteroatoms. The largest absolute Gasteiger partial charge is 0.450 e. The number of ketones is 1. The van der Waals surface area contributed by atoms with Gasteiger partial charge in [0, 0.05) is 15.8 Å². The third-order valence-corrected chi connectivity index (χ3v) is 5.12. The number of halogens is 2. The lowest BCUT2D eigenvalue weighted by Gasteiger charge is -2.17. The van der Waals surface area contributed by atoms with E-state index in [9.17, 15) is 19.6 Å². The molecule has 1 N–H and O–H groups in total. The molecular formula is C21H20Br2N4O5. The Balaban J connectivity index is 2.20. The standard InChI is InChI=1S/C21H20Br2N4O5/c1-4-31-21(30)27-20(29)16(8-24)25-9-12-5-14(22)19(15(23)6-12)32-18-7-13(11(2)3)17(28)10-26-18/h5-7,11H,4,9-10H2,1-3H3,(H,27,29,30)/i2D3. The van der Waals surface area contributed by atoms with Gasteiger partial charge in [-0.25, -0.2) is 9.79 Å². The van der Waals surface area contributed by atoms with Crippen molar-refractivity contribution in [2.75, 3.05) is 13.2 Å². The minimum atomic E-state index is -2.34. The second-order valence-electron chi connectivity index (χ2n) is 6.34. The van der Waals surface area contributed by atoms with Gasteiger partial charge in [-0.2, -0.15) is 5.26 Å². The second-order valence-corrected chi connectivity index (χ2v) is 8.05. The molecule has 1 aliphatic heterocycles. The Morgan fingerprint density at radius 1 is 1.41 bits per heavy atom. The number of hydrogen-bond donors (Lipinski definition) is 1. The SMILES string of the molecule is [2H]C([2H])([2H])C(C)C1=CC(Oc2c(Br)cc(CN=C(C#N)C(=O)NC(=O)OCC)cc2Br)=NCC1=O. The van der Waals surface area contributed by atoms with Crippen LogP contribution in [-0.2, 0) is 20.9 Å². The Kier molecular flexibility index (Phi) is 7.68. The molecule has 0 radical (unpaired) electrons. The number of aliphatic imine (C=N–C) groups is 2. The van der Waals surface area contributed by atoms with E-state index in [0.29, 0.717) is 20.3 Å². The summed E-state index contributed by atoms with van der Waals surface area (Å²) in [7, 11) is 0. The number of alkyl carbamates (subject to hydrolysis) is 1. The molecule has 9 nitrogen and oxygen atoms in total. The van der Waals surface area contributed by atoms with Gasteiger partial charge in [-0.15, -0.1) is 0 Å². The van der Waals surface area contributed by atoms with Gasteiger partial charge in [0.1, 0.15) is 12.6 Å². The summed E-state index contributed by atoms with van der Waals surface area (Å²) in [6, 6.07) is 4.90. The Morgan fingerprint density at radius 3 is 2.69 bits per heavy atom. The summed E-state index contributed by atoms with van der Waals surface area (Å²) < 4.78 is 34.0. The molecule has 1 atom stereocenters. The molecule has 0 aromatic heterocycles. The van der Waals surface area contributed by atoms with E-state index in [1.54, 1.807) is 25.1 Å². The van der Waals surface area contributed by atoms with Crippen molar-refractivity contribution >= 4 is 61.3 Å². The van der Waals surface area contributed by atoms with E-state index >= 15 is 0 Å². The van der Waals surface area contributed by atoms with E-state index in [4.69, 9.17) is 8.85 Å². The Morgan fingerprint density at radius 2 is 2.09 bits per heavy atom. The zero-order valence-corrected chi connectivity index (χ0v) is 20.2. The fourth-order valence-corrected chi connectivity index (χ4v) is 3.92. The van der Waals surface area contributed by atoms with Crippen molar-refractivity contribution in [3.05, 3.63) is 38.3 Å². The van der Waals surface area contributed by atoms with E-state index in [2.05, 4.69) is 46.6 Å². The highest BCUT2D eigenvalue weighted by atomic mass is 79.9. The van der Waals surface area contributed by atoms with Gasteiger partial charge >= 0.3 is 6.09 Å². The molecule has 0 spiro atoms. The number of benzene rings is 1. The molecule has 2 rings (SSSR count). The number of Topliss-reactive ketones (excluding diaryl/α,β-unsaturated/α-hetero) is 1. The van der Waals surface area contributed by atoms with Crippen LogP contribution >= 0.6 is 31.9 Å². The van der Waals surface area contributed by atoms with Crippen molar-refractivity contribution in [2.24, 2.45) is 15.9 Å². The number of carbonyl (C=O) groups excluding carboxylic acids is 3. The number of nitrogens with zero attached hydrogens (tertiary/aromatic N) is 3. The maximum atomic E-state index is 12.2. The van der Waals surface area contributed by atoms with Crippen molar-refractivity contribution in [2.45, 2.75) is 27.2 Å². The first kappa shape index (κ1) is 21.0. The van der Waals surface area contributed by atoms with Gasteiger partial charge in [0.15, 0.2) is 11.5 Å². The molecule has 2 amide bonds. The molecule has 0 fully saturated rings. The summed E-state index contributed by atoms with van der Waals surface area (Å²) in [6.45, 7) is 0.444. The molecule has 1 aromatic carbocycles. The summed E-state index contributed by atoms with van der Waals surface area (Å²) >= 11 is 6.75. The van der Waals surface area contributed by atoms with Crippen LogP contribution in [0.4, 0.5) is 4.79 Å². The first-order valence-electron chi connectivity index (χ1n) is 10.7. The number of nitriles is 1. The van der Waals surface area contributed by atoms with Crippen LogP contribution in [0, 0.1) is 17.2 Å². The molecule has 168 valence electrons. The van der Waals surface area contributed by atoms with Gasteiger partial charge in [0.25, 0.3) is 5.91 Å². The van der Waals surface area contributed by atoms with Crippen LogP contribution in [0.3, 0.4) is 0 Å². The Hall–Kier alpha value is -2.84. The summed E-state index contributed by atoms with van der Waals surface area (Å²) in [6.07, 6.45) is 0.339. The zero-order chi connectivity index (χ0) is 26.3. The molecule has 0 saturated heterocycles. The van der Waals surface area contributed by atoms with Crippen molar-refractivity contribution in [3.63, 3.8) is 0 Å². The normalized spacial score (nSPS) is 16.4. The van der Waals surface area contributed by atoms with Crippen LogP contribution in [0.5, 0.6) is 5.75 Å². The van der Waals surface area contributed by atoms with E-state index in [1.165, 1.54) is 13.0 Å². The first-order chi connectivity index (χ1) is 16.4. The lowest BCUT2D eigenvalue weighted by atomic mass is 9.97. The molecular weight excluding hydrogens is 548 g/mol. The summed E-state index contributed by atoms with van der Waals surface area (Å²) in [4.78, 5) is 43.5. The number of amides is 2. The van der Waals surface area contributed by atoms with Gasteiger partial charge in [0.05, 0.1) is 22.1 Å². The summed E-state index contributed by atoms with van der Waals surface area (Å²) in [5, 5.41) is 11.1. The van der Waals surface area contributed by atoms with E-state index in [0.717, 1.165) is 0 Å². The highest BCUT2D eigenvalue weighted by Crippen LogP contribution is 2.35. The minimum Gasteiger partial charge on any atom is -0.450 e. The number of hydrogen-bond acceptors (Lipinski definition) is 8. The molecule has 32 heavy (non-hydrogen) atoms. The fraction of sp³-hybridized carbons (Fsp3) is 0.333. The van der Waals surface area contributed by atoms with Gasteiger partial charge in [-0.3, -0.25) is 19.9 Å². The van der Waals surface area contributed by atoms with Crippen LogP contribution in [0.15, 0.2) is 42.7 Å². The molecule has 0 bridgehead atoms. The molecule has 0 saturated carbocycles. The average Bonchev–Trinajstić information content (AvgIpc) is 2.76. The number of nitrogens with one attached hydrogen (secondary N) is 1. The minimum absolute atomic E-state index is 0.0624. The highest BCUT2D eigenvalue weighted by Gasteiger charge is 2.21.